The van der Waals surface area contributed by atoms with Gasteiger partial charge in [-0.1, -0.05) is 30.3 Å². The second kappa shape index (κ2) is 7.20. The summed E-state index contributed by atoms with van der Waals surface area (Å²) < 4.78 is 28.2. The number of hydrogen-bond acceptors (Lipinski definition) is 4. The summed E-state index contributed by atoms with van der Waals surface area (Å²) in [6.07, 6.45) is 1.68. The molecule has 4 nitrogen and oxygen atoms in total. The van der Waals surface area contributed by atoms with Crippen LogP contribution in [0.2, 0.25) is 0 Å². The molecule has 1 aromatic rings. The van der Waals surface area contributed by atoms with Crippen molar-refractivity contribution >= 4 is 9.84 Å². The predicted molar refractivity (Wildman–Crippen MR) is 80.6 cm³/mol. The first kappa shape index (κ1) is 15.5. The largest absolute Gasteiger partial charge is 0.383 e. The number of rotatable bonds is 7. The van der Waals surface area contributed by atoms with Crippen LogP contribution in [0.4, 0.5) is 0 Å². The van der Waals surface area contributed by atoms with Gasteiger partial charge < -0.3 is 10.1 Å². The highest BCUT2D eigenvalue weighted by atomic mass is 32.2. The van der Waals surface area contributed by atoms with Crippen molar-refractivity contribution in [1.82, 2.24) is 5.32 Å². The lowest BCUT2D eigenvalue weighted by atomic mass is 10.0. The monoisotopic (exact) mass is 297 g/mol. The van der Waals surface area contributed by atoms with Crippen molar-refractivity contribution in [3.63, 3.8) is 0 Å². The lowest BCUT2D eigenvalue weighted by molar-refractivity contribution is 0.164. The van der Waals surface area contributed by atoms with Crippen LogP contribution in [0.15, 0.2) is 30.3 Å². The number of ether oxygens (including phenoxy) is 1. The van der Waals surface area contributed by atoms with Crippen molar-refractivity contribution in [3.05, 3.63) is 35.9 Å². The number of methoxy groups -OCH3 is 1. The molecule has 0 amide bonds. The second-order valence-electron chi connectivity index (χ2n) is 5.52. The average Bonchev–Trinajstić information content (AvgIpc) is 2.77. The lowest BCUT2D eigenvalue weighted by Gasteiger charge is -2.20. The zero-order valence-electron chi connectivity index (χ0n) is 11.9. The highest BCUT2D eigenvalue weighted by Gasteiger charge is 2.28. The van der Waals surface area contributed by atoms with Crippen LogP contribution in [-0.2, 0) is 21.0 Å². The first-order valence-electron chi connectivity index (χ1n) is 7.06. The third-order valence-corrected chi connectivity index (χ3v) is 5.55. The van der Waals surface area contributed by atoms with Gasteiger partial charge in [-0.2, -0.15) is 0 Å². The molecule has 1 aliphatic rings. The van der Waals surface area contributed by atoms with Gasteiger partial charge in [-0.3, -0.25) is 0 Å². The van der Waals surface area contributed by atoms with Crippen LogP contribution in [0.1, 0.15) is 12.0 Å². The number of benzene rings is 1. The van der Waals surface area contributed by atoms with Crippen LogP contribution in [-0.4, -0.2) is 46.2 Å². The Morgan fingerprint density at radius 1 is 1.35 bits per heavy atom. The Hall–Kier alpha value is -0.910. The fourth-order valence-electron chi connectivity index (χ4n) is 2.66. The zero-order chi connectivity index (χ0) is 14.4. The third kappa shape index (κ3) is 4.89. The summed E-state index contributed by atoms with van der Waals surface area (Å²) in [7, 11) is -1.09. The van der Waals surface area contributed by atoms with Gasteiger partial charge in [0.05, 0.1) is 18.1 Å². The average molecular weight is 297 g/mol. The molecule has 1 saturated heterocycles. The van der Waals surface area contributed by atoms with E-state index in [1.807, 2.05) is 18.2 Å². The molecule has 5 heteroatoms. The Kier molecular flexibility index (Phi) is 5.57. The van der Waals surface area contributed by atoms with Gasteiger partial charge in [-0.05, 0) is 30.9 Å². The van der Waals surface area contributed by atoms with E-state index in [1.165, 1.54) is 5.56 Å². The molecule has 1 aromatic carbocycles. The maximum Gasteiger partial charge on any atom is 0.150 e. The minimum Gasteiger partial charge on any atom is -0.383 e. The highest BCUT2D eigenvalue weighted by molar-refractivity contribution is 7.91. The van der Waals surface area contributed by atoms with Crippen molar-refractivity contribution in [1.29, 1.82) is 0 Å². The van der Waals surface area contributed by atoms with Crippen LogP contribution >= 0.6 is 0 Å². The molecule has 1 N–H and O–H groups in total. The van der Waals surface area contributed by atoms with E-state index in [2.05, 4.69) is 17.4 Å². The van der Waals surface area contributed by atoms with Crippen LogP contribution in [0, 0.1) is 5.92 Å². The molecule has 1 heterocycles. The number of hydrogen-bond donors (Lipinski definition) is 1. The molecule has 0 saturated carbocycles. The van der Waals surface area contributed by atoms with Crippen LogP contribution < -0.4 is 5.32 Å². The molecule has 2 rings (SSSR count). The van der Waals surface area contributed by atoms with Gasteiger partial charge in [-0.25, -0.2) is 8.42 Å². The van der Waals surface area contributed by atoms with Crippen LogP contribution in [0.5, 0.6) is 0 Å². The van der Waals surface area contributed by atoms with Gasteiger partial charge in [0.2, 0.25) is 0 Å². The summed E-state index contributed by atoms with van der Waals surface area (Å²) in [6, 6.07) is 10.5. The summed E-state index contributed by atoms with van der Waals surface area (Å²) in [5, 5.41) is 3.46. The molecule has 20 heavy (non-hydrogen) atoms. The molecule has 2 atom stereocenters. The Labute approximate surface area is 121 Å². The highest BCUT2D eigenvalue weighted by Crippen LogP contribution is 2.17. The number of nitrogens with one attached hydrogen (secondary N) is 1. The molecule has 0 spiro atoms. The topological polar surface area (TPSA) is 55.4 Å². The lowest BCUT2D eigenvalue weighted by Crippen LogP contribution is -2.38. The van der Waals surface area contributed by atoms with Gasteiger partial charge in [0.25, 0.3) is 0 Å². The van der Waals surface area contributed by atoms with Gasteiger partial charge in [0.1, 0.15) is 0 Å². The molecular formula is C15H23NO3S. The first-order chi connectivity index (χ1) is 9.59. The van der Waals surface area contributed by atoms with Crippen molar-refractivity contribution in [2.75, 3.05) is 31.8 Å². The first-order valence-corrected chi connectivity index (χ1v) is 8.88. The Balaban J connectivity index is 1.83. The molecule has 0 radical (unpaired) electrons. The van der Waals surface area contributed by atoms with Crippen molar-refractivity contribution in [2.24, 2.45) is 5.92 Å². The molecular weight excluding hydrogens is 274 g/mol. The maximum absolute atomic E-state index is 11.4. The normalized spacial score (nSPS) is 22.8. The van der Waals surface area contributed by atoms with E-state index in [-0.39, 0.29) is 12.0 Å². The van der Waals surface area contributed by atoms with E-state index in [0.717, 1.165) is 19.4 Å². The molecule has 1 aliphatic heterocycles. The molecule has 0 unspecified atom stereocenters. The van der Waals surface area contributed by atoms with Crippen molar-refractivity contribution in [2.45, 2.75) is 18.9 Å². The SMILES string of the molecule is COC[C@@H](Cc1ccccc1)NC[C@H]1CCS(=O)(=O)C1. The summed E-state index contributed by atoms with van der Waals surface area (Å²) >= 11 is 0. The second-order valence-corrected chi connectivity index (χ2v) is 7.75. The molecule has 0 bridgehead atoms. The Morgan fingerprint density at radius 3 is 2.70 bits per heavy atom. The Morgan fingerprint density at radius 2 is 2.10 bits per heavy atom. The van der Waals surface area contributed by atoms with E-state index in [1.54, 1.807) is 7.11 Å². The van der Waals surface area contributed by atoms with Crippen LogP contribution in [0.3, 0.4) is 0 Å². The van der Waals surface area contributed by atoms with E-state index in [9.17, 15) is 8.42 Å². The van der Waals surface area contributed by atoms with Crippen molar-refractivity contribution < 1.29 is 13.2 Å². The van der Waals surface area contributed by atoms with Crippen molar-refractivity contribution in [3.8, 4) is 0 Å². The van der Waals surface area contributed by atoms with Crippen LogP contribution in [0.25, 0.3) is 0 Å². The minimum atomic E-state index is -2.79. The fourth-order valence-corrected chi connectivity index (χ4v) is 4.52. The predicted octanol–water partition coefficient (Wildman–Crippen LogP) is 1.27. The van der Waals surface area contributed by atoms with E-state index in [0.29, 0.717) is 18.1 Å². The summed E-state index contributed by atoms with van der Waals surface area (Å²) in [5.74, 6) is 0.910. The van der Waals surface area contributed by atoms with Gasteiger partial charge in [0.15, 0.2) is 9.84 Å². The van der Waals surface area contributed by atoms with E-state index in [4.69, 9.17) is 4.74 Å². The zero-order valence-corrected chi connectivity index (χ0v) is 12.7. The summed E-state index contributed by atoms with van der Waals surface area (Å²) in [6.45, 7) is 1.38. The standard InChI is InChI=1S/C15H23NO3S/c1-19-11-15(9-13-5-3-2-4-6-13)16-10-14-7-8-20(17,18)12-14/h2-6,14-16H,7-12H2,1H3/t14-,15-/m1/s1. The third-order valence-electron chi connectivity index (χ3n) is 3.71. The quantitative estimate of drug-likeness (QED) is 0.823. The fraction of sp³-hybridized carbons (Fsp3) is 0.600. The van der Waals surface area contributed by atoms with E-state index < -0.39 is 9.84 Å². The smallest absolute Gasteiger partial charge is 0.150 e. The molecule has 112 valence electrons. The Bertz CT molecular complexity index is 501. The van der Waals surface area contributed by atoms with Gasteiger partial charge in [-0.15, -0.1) is 0 Å². The minimum absolute atomic E-state index is 0.228. The molecule has 0 aliphatic carbocycles. The summed E-state index contributed by atoms with van der Waals surface area (Å²) in [5.41, 5.74) is 1.26. The summed E-state index contributed by atoms with van der Waals surface area (Å²) in [4.78, 5) is 0. The number of sulfone groups is 1. The van der Waals surface area contributed by atoms with E-state index >= 15 is 0 Å². The van der Waals surface area contributed by atoms with Gasteiger partial charge >= 0.3 is 0 Å². The molecule has 1 fully saturated rings. The molecule has 0 aromatic heterocycles. The van der Waals surface area contributed by atoms with Gasteiger partial charge in [0, 0.05) is 13.2 Å². The maximum atomic E-state index is 11.4.